The Hall–Kier alpha value is -2.16. The standard InChI is InChI=1S/C31H47NO2/c1-4-6-7-8-9-10-11-12-13-19-27-23-24-32-29(25-27)28-20-15-16-21-30(28)34-31(33)22-17-14-18-26(3)5-2/h15-16,20-21,23-26H,4-14,17-19,22H2,1-3H3. The van der Waals surface area contributed by atoms with Gasteiger partial charge >= 0.3 is 5.97 Å². The molecule has 0 aliphatic heterocycles. The van der Waals surface area contributed by atoms with Crippen molar-refractivity contribution in [2.24, 2.45) is 5.92 Å². The van der Waals surface area contributed by atoms with Crippen LogP contribution in [0.25, 0.3) is 11.3 Å². The van der Waals surface area contributed by atoms with Gasteiger partial charge in [0.15, 0.2) is 0 Å². The molecule has 0 saturated heterocycles. The zero-order valence-corrected chi connectivity index (χ0v) is 22.0. The fraction of sp³-hybridized carbons (Fsp3) is 0.613. The average molecular weight is 466 g/mol. The lowest BCUT2D eigenvalue weighted by Gasteiger charge is -2.11. The molecule has 2 rings (SSSR count). The normalized spacial score (nSPS) is 12.0. The SMILES string of the molecule is CCCCCCCCCCCc1ccnc(-c2ccccc2OC(=O)CCCCC(C)CC)c1. The van der Waals surface area contributed by atoms with Crippen LogP contribution in [0.4, 0.5) is 0 Å². The fourth-order valence-electron chi connectivity index (χ4n) is 4.32. The maximum atomic E-state index is 12.4. The number of carbonyl (C=O) groups excluding carboxylic acids is 1. The molecule has 0 bridgehead atoms. The van der Waals surface area contributed by atoms with Gasteiger partial charge in [-0.15, -0.1) is 0 Å². The Bertz CT molecular complexity index is 817. The Kier molecular flexibility index (Phi) is 14.3. The lowest BCUT2D eigenvalue weighted by molar-refractivity contribution is -0.134. The lowest BCUT2D eigenvalue weighted by atomic mass is 10.0. The van der Waals surface area contributed by atoms with Gasteiger partial charge in [-0.2, -0.15) is 0 Å². The molecule has 3 heteroatoms. The van der Waals surface area contributed by atoms with Crippen LogP contribution in [0.5, 0.6) is 5.75 Å². The third-order valence-corrected chi connectivity index (χ3v) is 6.80. The number of pyridine rings is 1. The van der Waals surface area contributed by atoms with Gasteiger partial charge in [-0.05, 0) is 55.0 Å². The second kappa shape index (κ2) is 17.3. The van der Waals surface area contributed by atoms with Crippen molar-refractivity contribution in [3.05, 3.63) is 48.2 Å². The smallest absolute Gasteiger partial charge is 0.311 e. The molecule has 0 fully saturated rings. The van der Waals surface area contributed by atoms with Crippen LogP contribution in [0.15, 0.2) is 42.6 Å². The van der Waals surface area contributed by atoms with E-state index in [1.54, 1.807) is 0 Å². The van der Waals surface area contributed by atoms with Gasteiger partial charge in [0.05, 0.1) is 5.69 Å². The van der Waals surface area contributed by atoms with Crippen LogP contribution in [0.2, 0.25) is 0 Å². The minimum atomic E-state index is -0.151. The van der Waals surface area contributed by atoms with Crippen molar-refractivity contribution in [2.75, 3.05) is 0 Å². The molecule has 1 aromatic heterocycles. The first-order valence-corrected chi connectivity index (χ1v) is 13.9. The Balaban J connectivity index is 1.81. The van der Waals surface area contributed by atoms with Gasteiger partial charge in [-0.3, -0.25) is 9.78 Å². The fourth-order valence-corrected chi connectivity index (χ4v) is 4.32. The van der Waals surface area contributed by atoms with Gasteiger partial charge in [0.1, 0.15) is 5.75 Å². The van der Waals surface area contributed by atoms with Crippen LogP contribution in [0.1, 0.15) is 116 Å². The quantitative estimate of drug-likeness (QED) is 0.125. The number of para-hydroxylation sites is 1. The highest BCUT2D eigenvalue weighted by Gasteiger charge is 2.12. The molecule has 0 radical (unpaired) electrons. The minimum absolute atomic E-state index is 0.151. The summed E-state index contributed by atoms with van der Waals surface area (Å²) in [6, 6.07) is 12.0. The Labute approximate surface area is 208 Å². The van der Waals surface area contributed by atoms with Crippen LogP contribution in [0, 0.1) is 5.92 Å². The molecular weight excluding hydrogens is 418 g/mol. The Morgan fingerprint density at radius 1 is 0.882 bits per heavy atom. The molecule has 0 saturated carbocycles. The number of aryl methyl sites for hydroxylation is 1. The molecule has 0 aliphatic carbocycles. The Morgan fingerprint density at radius 2 is 1.59 bits per heavy atom. The zero-order valence-electron chi connectivity index (χ0n) is 22.0. The molecule has 3 nitrogen and oxygen atoms in total. The summed E-state index contributed by atoms with van der Waals surface area (Å²) in [7, 11) is 0. The van der Waals surface area contributed by atoms with Crippen LogP contribution >= 0.6 is 0 Å². The number of benzene rings is 1. The number of aromatic nitrogens is 1. The molecule has 2 aromatic rings. The van der Waals surface area contributed by atoms with Crippen molar-refractivity contribution < 1.29 is 9.53 Å². The van der Waals surface area contributed by atoms with E-state index in [1.807, 2.05) is 30.5 Å². The van der Waals surface area contributed by atoms with E-state index in [0.29, 0.717) is 12.2 Å². The van der Waals surface area contributed by atoms with E-state index < -0.39 is 0 Å². The highest BCUT2D eigenvalue weighted by atomic mass is 16.5. The molecule has 0 amide bonds. The summed E-state index contributed by atoms with van der Waals surface area (Å²) in [6.45, 7) is 6.76. The highest BCUT2D eigenvalue weighted by Crippen LogP contribution is 2.29. The number of carbonyl (C=O) groups is 1. The van der Waals surface area contributed by atoms with E-state index in [-0.39, 0.29) is 5.97 Å². The van der Waals surface area contributed by atoms with Gasteiger partial charge in [-0.25, -0.2) is 0 Å². The van der Waals surface area contributed by atoms with E-state index in [4.69, 9.17) is 4.74 Å². The molecular formula is C31H47NO2. The van der Waals surface area contributed by atoms with Crippen molar-refractivity contribution >= 4 is 5.97 Å². The molecule has 34 heavy (non-hydrogen) atoms. The molecule has 1 aromatic carbocycles. The minimum Gasteiger partial charge on any atom is -0.426 e. The van der Waals surface area contributed by atoms with Gasteiger partial charge in [0, 0.05) is 18.2 Å². The van der Waals surface area contributed by atoms with Gasteiger partial charge in [-0.1, -0.05) is 104 Å². The number of rotatable bonds is 18. The number of hydrogen-bond donors (Lipinski definition) is 0. The summed E-state index contributed by atoms with van der Waals surface area (Å²) in [5, 5.41) is 0. The zero-order chi connectivity index (χ0) is 24.4. The van der Waals surface area contributed by atoms with Crippen LogP contribution < -0.4 is 4.74 Å². The Morgan fingerprint density at radius 3 is 2.32 bits per heavy atom. The molecule has 1 heterocycles. The second-order valence-corrected chi connectivity index (χ2v) is 9.86. The molecule has 1 unspecified atom stereocenters. The van der Waals surface area contributed by atoms with Crippen molar-refractivity contribution in [3.63, 3.8) is 0 Å². The van der Waals surface area contributed by atoms with Crippen LogP contribution in [0.3, 0.4) is 0 Å². The predicted octanol–water partition coefficient (Wildman–Crippen LogP) is 9.33. The largest absolute Gasteiger partial charge is 0.426 e. The molecule has 188 valence electrons. The van der Waals surface area contributed by atoms with Crippen LogP contribution in [-0.2, 0) is 11.2 Å². The summed E-state index contributed by atoms with van der Waals surface area (Å²) in [4.78, 5) is 17.0. The van der Waals surface area contributed by atoms with E-state index >= 15 is 0 Å². The number of ether oxygens (including phenoxy) is 1. The summed E-state index contributed by atoms with van der Waals surface area (Å²) in [5.74, 6) is 1.19. The number of hydrogen-bond acceptors (Lipinski definition) is 3. The van der Waals surface area contributed by atoms with Crippen LogP contribution in [-0.4, -0.2) is 11.0 Å². The number of unbranched alkanes of at least 4 members (excludes halogenated alkanes) is 9. The van der Waals surface area contributed by atoms with Gasteiger partial charge < -0.3 is 4.74 Å². The first-order chi connectivity index (χ1) is 16.6. The van der Waals surface area contributed by atoms with Crippen molar-refractivity contribution in [3.8, 4) is 17.0 Å². The molecule has 0 spiro atoms. The highest BCUT2D eigenvalue weighted by molar-refractivity contribution is 5.77. The van der Waals surface area contributed by atoms with E-state index in [9.17, 15) is 4.79 Å². The summed E-state index contributed by atoms with van der Waals surface area (Å²) in [6.07, 6.45) is 19.8. The van der Waals surface area contributed by atoms with Gasteiger partial charge in [0.25, 0.3) is 0 Å². The first-order valence-electron chi connectivity index (χ1n) is 13.9. The van der Waals surface area contributed by atoms with Crippen molar-refractivity contribution in [1.82, 2.24) is 4.98 Å². The predicted molar refractivity (Wildman–Crippen MR) is 144 cm³/mol. The van der Waals surface area contributed by atoms with E-state index in [0.717, 1.165) is 36.4 Å². The molecule has 0 N–H and O–H groups in total. The monoisotopic (exact) mass is 465 g/mol. The third kappa shape index (κ3) is 11.3. The third-order valence-electron chi connectivity index (χ3n) is 6.80. The van der Waals surface area contributed by atoms with Gasteiger partial charge in [0.2, 0.25) is 0 Å². The summed E-state index contributed by atoms with van der Waals surface area (Å²) < 4.78 is 5.75. The topological polar surface area (TPSA) is 39.2 Å². The summed E-state index contributed by atoms with van der Waals surface area (Å²) >= 11 is 0. The van der Waals surface area contributed by atoms with Crippen molar-refractivity contribution in [2.45, 2.75) is 117 Å². The first kappa shape index (κ1) is 28.1. The molecule has 1 atom stereocenters. The lowest BCUT2D eigenvalue weighted by Crippen LogP contribution is -2.08. The maximum absolute atomic E-state index is 12.4. The summed E-state index contributed by atoms with van der Waals surface area (Å²) in [5.41, 5.74) is 3.08. The number of nitrogens with zero attached hydrogens (tertiary/aromatic N) is 1. The maximum Gasteiger partial charge on any atom is 0.311 e. The average Bonchev–Trinajstić information content (AvgIpc) is 2.86. The molecule has 0 aliphatic rings. The van der Waals surface area contributed by atoms with E-state index in [1.165, 1.54) is 76.2 Å². The van der Waals surface area contributed by atoms with E-state index in [2.05, 4.69) is 37.9 Å². The number of esters is 1. The second-order valence-electron chi connectivity index (χ2n) is 9.86. The van der Waals surface area contributed by atoms with Crippen molar-refractivity contribution in [1.29, 1.82) is 0 Å².